The lowest BCUT2D eigenvalue weighted by atomic mass is 10.2. The molecule has 0 aliphatic carbocycles. The smallest absolute Gasteiger partial charge is 0.331 e. The number of rotatable bonds is 5. The van der Waals surface area contributed by atoms with E-state index in [2.05, 4.69) is 15.4 Å². The van der Waals surface area contributed by atoms with Crippen molar-refractivity contribution in [2.24, 2.45) is 0 Å². The molecule has 0 aromatic carbocycles. The first kappa shape index (κ1) is 16.7. The highest BCUT2D eigenvalue weighted by atomic mass is 16.5. The monoisotopic (exact) mass is 303 g/mol. The molecule has 0 bridgehead atoms. The fourth-order valence-corrected chi connectivity index (χ4v) is 1.67. The van der Waals surface area contributed by atoms with Gasteiger partial charge < -0.3 is 30.1 Å². The van der Waals surface area contributed by atoms with Crippen molar-refractivity contribution in [3.8, 4) is 0 Å². The summed E-state index contributed by atoms with van der Waals surface area (Å²) in [6.45, 7) is -0.450. The molecule has 10 heteroatoms. The van der Waals surface area contributed by atoms with Crippen LogP contribution in [0, 0.1) is 0 Å². The molecule has 0 aromatic rings. The molecular formula is C11H17N3O7. The molecule has 3 amide bonds. The van der Waals surface area contributed by atoms with E-state index in [4.69, 9.17) is 9.84 Å². The highest BCUT2D eigenvalue weighted by molar-refractivity contribution is 5.88. The minimum absolute atomic E-state index is 0.0192. The van der Waals surface area contributed by atoms with Crippen molar-refractivity contribution >= 4 is 23.9 Å². The van der Waals surface area contributed by atoms with Crippen LogP contribution in [0.4, 0.5) is 4.79 Å². The van der Waals surface area contributed by atoms with Crippen molar-refractivity contribution in [3.63, 3.8) is 0 Å². The average Bonchev–Trinajstić information content (AvgIpc) is 2.49. The van der Waals surface area contributed by atoms with Crippen LogP contribution in [-0.2, 0) is 23.9 Å². The van der Waals surface area contributed by atoms with E-state index >= 15 is 0 Å². The van der Waals surface area contributed by atoms with Gasteiger partial charge >= 0.3 is 18.0 Å². The number of carbonyl (C=O) groups is 4. The zero-order chi connectivity index (χ0) is 15.8. The lowest BCUT2D eigenvalue weighted by Gasteiger charge is -2.33. The van der Waals surface area contributed by atoms with Crippen LogP contribution in [0.1, 0.15) is 0 Å². The maximum Gasteiger partial charge on any atom is 0.331 e. The highest BCUT2D eigenvalue weighted by Crippen LogP contribution is 2.08. The van der Waals surface area contributed by atoms with Crippen molar-refractivity contribution in [3.05, 3.63) is 0 Å². The molecule has 1 unspecified atom stereocenters. The third kappa shape index (κ3) is 5.26. The molecule has 1 fully saturated rings. The van der Waals surface area contributed by atoms with Crippen LogP contribution in [0.15, 0.2) is 0 Å². The second kappa shape index (κ2) is 8.04. The summed E-state index contributed by atoms with van der Waals surface area (Å²) < 4.78 is 9.68. The molecule has 0 saturated carbocycles. The molecule has 10 nitrogen and oxygen atoms in total. The van der Waals surface area contributed by atoms with Gasteiger partial charge in [-0.1, -0.05) is 0 Å². The van der Waals surface area contributed by atoms with E-state index in [1.54, 1.807) is 0 Å². The zero-order valence-electron chi connectivity index (χ0n) is 11.5. The average molecular weight is 303 g/mol. The number of nitrogens with zero attached hydrogens (tertiary/aromatic N) is 1. The minimum Gasteiger partial charge on any atom is -0.480 e. The first-order chi connectivity index (χ1) is 9.95. The van der Waals surface area contributed by atoms with Gasteiger partial charge in [0.2, 0.25) is 5.91 Å². The van der Waals surface area contributed by atoms with Gasteiger partial charge in [-0.3, -0.25) is 9.59 Å². The number of carboxylic acid groups (broad SMARTS) is 1. The van der Waals surface area contributed by atoms with E-state index in [-0.39, 0.29) is 19.8 Å². The maximum absolute atomic E-state index is 11.9. The molecular weight excluding hydrogens is 286 g/mol. The van der Waals surface area contributed by atoms with Gasteiger partial charge in [-0.15, -0.1) is 0 Å². The third-order valence-corrected chi connectivity index (χ3v) is 2.70. The number of amides is 3. The molecule has 0 radical (unpaired) electrons. The van der Waals surface area contributed by atoms with Gasteiger partial charge in [0.1, 0.15) is 6.54 Å². The van der Waals surface area contributed by atoms with Crippen molar-refractivity contribution in [1.29, 1.82) is 0 Å². The van der Waals surface area contributed by atoms with Crippen LogP contribution in [0.5, 0.6) is 0 Å². The van der Waals surface area contributed by atoms with E-state index in [9.17, 15) is 19.2 Å². The maximum atomic E-state index is 11.9. The van der Waals surface area contributed by atoms with E-state index in [1.807, 2.05) is 0 Å². The number of morpholine rings is 1. The van der Waals surface area contributed by atoms with E-state index < -0.39 is 43.0 Å². The largest absolute Gasteiger partial charge is 0.480 e. The number of carboxylic acids is 1. The first-order valence-corrected chi connectivity index (χ1v) is 6.14. The van der Waals surface area contributed by atoms with Crippen LogP contribution in [0.2, 0.25) is 0 Å². The summed E-state index contributed by atoms with van der Waals surface area (Å²) in [5, 5.41) is 12.8. The van der Waals surface area contributed by atoms with Crippen LogP contribution < -0.4 is 10.6 Å². The lowest BCUT2D eigenvalue weighted by molar-refractivity contribution is -0.151. The molecule has 3 N–H and O–H groups in total. The summed E-state index contributed by atoms with van der Waals surface area (Å²) in [7, 11) is 1.20. The standard InChI is InChI=1S/C11H17N3O7/c1-20-10(18)7-6-21-3-2-14(7)11(19)13-4-8(15)12-5-9(16)17/h7H,2-6H2,1H3,(H,12,15)(H,13,19)(H,16,17). The molecule has 0 aromatic heterocycles. The number of nitrogens with one attached hydrogen (secondary N) is 2. The molecule has 1 aliphatic heterocycles. The Morgan fingerprint density at radius 2 is 2.00 bits per heavy atom. The van der Waals surface area contributed by atoms with Gasteiger partial charge in [0.05, 0.1) is 26.9 Å². The number of esters is 1. The van der Waals surface area contributed by atoms with Crippen molar-refractivity contribution in [2.45, 2.75) is 6.04 Å². The lowest BCUT2D eigenvalue weighted by Crippen LogP contribution is -2.56. The van der Waals surface area contributed by atoms with Crippen molar-refractivity contribution in [1.82, 2.24) is 15.5 Å². The molecule has 1 saturated heterocycles. The molecule has 1 heterocycles. The molecule has 1 atom stereocenters. The van der Waals surface area contributed by atoms with Gasteiger partial charge in [0.25, 0.3) is 0 Å². The van der Waals surface area contributed by atoms with Gasteiger partial charge in [-0.2, -0.15) is 0 Å². The Morgan fingerprint density at radius 1 is 1.29 bits per heavy atom. The first-order valence-electron chi connectivity index (χ1n) is 6.14. The van der Waals surface area contributed by atoms with E-state index in [1.165, 1.54) is 12.0 Å². The number of urea groups is 1. The number of ether oxygens (including phenoxy) is 2. The SMILES string of the molecule is COC(=O)C1COCCN1C(=O)NCC(=O)NCC(=O)O. The second-order valence-corrected chi connectivity index (χ2v) is 4.14. The third-order valence-electron chi connectivity index (χ3n) is 2.70. The summed E-state index contributed by atoms with van der Waals surface area (Å²) in [6, 6.07) is -1.50. The van der Waals surface area contributed by atoms with Gasteiger partial charge in [0.15, 0.2) is 6.04 Å². The quantitative estimate of drug-likeness (QED) is 0.489. The van der Waals surface area contributed by atoms with Gasteiger partial charge in [-0.25, -0.2) is 9.59 Å². The predicted molar refractivity (Wildman–Crippen MR) is 67.4 cm³/mol. The van der Waals surface area contributed by atoms with Gasteiger partial charge in [0, 0.05) is 6.54 Å². The summed E-state index contributed by atoms with van der Waals surface area (Å²) in [5.74, 6) is -2.44. The molecule has 1 rings (SSSR count). The Kier molecular flexibility index (Phi) is 6.40. The second-order valence-electron chi connectivity index (χ2n) is 4.14. The molecule has 1 aliphatic rings. The summed E-state index contributed by atoms with van der Waals surface area (Å²) in [4.78, 5) is 46.2. The summed E-state index contributed by atoms with van der Waals surface area (Å²) in [6.07, 6.45) is 0. The summed E-state index contributed by atoms with van der Waals surface area (Å²) in [5.41, 5.74) is 0. The minimum atomic E-state index is -1.19. The van der Waals surface area contributed by atoms with Crippen LogP contribution in [0.25, 0.3) is 0 Å². The summed E-state index contributed by atoms with van der Waals surface area (Å²) >= 11 is 0. The van der Waals surface area contributed by atoms with Crippen LogP contribution in [0.3, 0.4) is 0 Å². The topological polar surface area (TPSA) is 134 Å². The molecule has 118 valence electrons. The van der Waals surface area contributed by atoms with Crippen LogP contribution in [-0.4, -0.2) is 79.9 Å². The Hall–Kier alpha value is -2.36. The Labute approximate surface area is 120 Å². The van der Waals surface area contributed by atoms with Crippen molar-refractivity contribution in [2.75, 3.05) is 40.0 Å². The van der Waals surface area contributed by atoms with Gasteiger partial charge in [-0.05, 0) is 0 Å². The van der Waals surface area contributed by atoms with E-state index in [0.717, 1.165) is 0 Å². The Bertz CT molecular complexity index is 426. The van der Waals surface area contributed by atoms with Crippen molar-refractivity contribution < 1.29 is 33.8 Å². The molecule has 21 heavy (non-hydrogen) atoms. The predicted octanol–water partition coefficient (Wildman–Crippen LogP) is -2.23. The number of methoxy groups -OCH3 is 1. The Balaban J connectivity index is 2.47. The Morgan fingerprint density at radius 3 is 2.62 bits per heavy atom. The van der Waals surface area contributed by atoms with Crippen LogP contribution >= 0.6 is 0 Å². The zero-order valence-corrected chi connectivity index (χ0v) is 11.5. The number of carbonyl (C=O) groups excluding carboxylic acids is 3. The normalized spacial score (nSPS) is 17.8. The fraction of sp³-hybridized carbons (Fsp3) is 0.636. The molecule has 0 spiro atoms. The van der Waals surface area contributed by atoms with E-state index in [0.29, 0.717) is 0 Å². The highest BCUT2D eigenvalue weighted by Gasteiger charge is 2.33. The number of aliphatic carboxylic acids is 1. The fourth-order valence-electron chi connectivity index (χ4n) is 1.67. The number of hydrogen-bond donors (Lipinski definition) is 3. The number of hydrogen-bond acceptors (Lipinski definition) is 6.